The van der Waals surface area contributed by atoms with Crippen LogP contribution in [0.1, 0.15) is 22.7 Å². The summed E-state index contributed by atoms with van der Waals surface area (Å²) in [5.41, 5.74) is 4.16. The average molecular weight is 261 g/mol. The zero-order valence-corrected chi connectivity index (χ0v) is 12.9. The van der Waals surface area contributed by atoms with E-state index in [-0.39, 0.29) is 0 Å². The molecule has 1 saturated heterocycles. The van der Waals surface area contributed by atoms with Crippen molar-refractivity contribution in [3.63, 3.8) is 0 Å². The molecule has 2 unspecified atom stereocenters. The number of nitrogens with one attached hydrogen (secondary N) is 1. The molecule has 1 aliphatic heterocycles. The van der Waals surface area contributed by atoms with Gasteiger partial charge >= 0.3 is 0 Å². The van der Waals surface area contributed by atoms with Crippen molar-refractivity contribution < 1.29 is 0 Å². The van der Waals surface area contributed by atoms with Crippen molar-refractivity contribution in [3.8, 4) is 0 Å². The quantitative estimate of drug-likeness (QED) is 0.895. The van der Waals surface area contributed by atoms with Gasteiger partial charge in [-0.2, -0.15) is 0 Å². The molecule has 1 N–H and O–H groups in total. The average Bonchev–Trinajstić information content (AvgIpc) is 2.36. The summed E-state index contributed by atoms with van der Waals surface area (Å²) in [7, 11) is 6.53. The first-order valence-electron chi connectivity index (χ1n) is 7.16. The van der Waals surface area contributed by atoms with Crippen molar-refractivity contribution in [1.82, 2.24) is 15.1 Å². The van der Waals surface area contributed by atoms with E-state index in [2.05, 4.69) is 68.3 Å². The van der Waals surface area contributed by atoms with Gasteiger partial charge in [-0.25, -0.2) is 0 Å². The molecule has 0 amide bonds. The van der Waals surface area contributed by atoms with Crippen molar-refractivity contribution in [1.29, 1.82) is 0 Å². The molecule has 19 heavy (non-hydrogen) atoms. The highest BCUT2D eigenvalue weighted by Gasteiger charge is 2.30. The molecule has 0 aromatic heterocycles. The van der Waals surface area contributed by atoms with Crippen LogP contribution in [0.4, 0.5) is 0 Å². The van der Waals surface area contributed by atoms with Crippen LogP contribution in [0.3, 0.4) is 0 Å². The molecule has 0 saturated carbocycles. The summed E-state index contributed by atoms with van der Waals surface area (Å²) in [4.78, 5) is 4.92. The molecule has 0 aliphatic carbocycles. The predicted octanol–water partition coefficient (Wildman–Crippen LogP) is 1.81. The smallest absolute Gasteiger partial charge is 0.0490 e. The molecule has 1 heterocycles. The highest BCUT2D eigenvalue weighted by molar-refractivity contribution is 5.34. The van der Waals surface area contributed by atoms with E-state index >= 15 is 0 Å². The summed E-state index contributed by atoms with van der Waals surface area (Å²) in [5.74, 6) is 0. The number of rotatable bonds is 3. The number of hydrogen-bond acceptors (Lipinski definition) is 3. The van der Waals surface area contributed by atoms with Crippen LogP contribution in [0, 0.1) is 13.8 Å². The molecule has 1 aromatic rings. The molecule has 3 heteroatoms. The Morgan fingerprint density at radius 1 is 1.21 bits per heavy atom. The first-order valence-corrected chi connectivity index (χ1v) is 7.16. The second-order valence-electron chi connectivity index (χ2n) is 5.94. The standard InChI is InChI=1S/C16H27N3/c1-12-6-7-14(13(2)10-12)16(17-3)15-11-18(4)8-9-19(15)5/h6-7,10,15-17H,8-9,11H2,1-5H3. The number of hydrogen-bond donors (Lipinski definition) is 1. The Kier molecular flexibility index (Phi) is 4.61. The lowest BCUT2D eigenvalue weighted by atomic mass is 9.92. The monoisotopic (exact) mass is 261 g/mol. The first-order chi connectivity index (χ1) is 9.02. The van der Waals surface area contributed by atoms with E-state index in [9.17, 15) is 0 Å². The molecule has 0 bridgehead atoms. The van der Waals surface area contributed by atoms with Gasteiger partial charge in [-0.3, -0.25) is 4.90 Å². The Balaban J connectivity index is 2.27. The number of piperazine rings is 1. The molecule has 1 fully saturated rings. The Morgan fingerprint density at radius 3 is 2.58 bits per heavy atom. The first kappa shape index (κ1) is 14.5. The zero-order valence-electron chi connectivity index (χ0n) is 12.9. The minimum Gasteiger partial charge on any atom is -0.312 e. The third-order valence-corrected chi connectivity index (χ3v) is 4.36. The SMILES string of the molecule is CNC(c1ccc(C)cc1C)C1CN(C)CCN1C. The van der Waals surface area contributed by atoms with E-state index in [1.807, 2.05) is 0 Å². The molecular weight excluding hydrogens is 234 g/mol. The van der Waals surface area contributed by atoms with Crippen molar-refractivity contribution in [3.05, 3.63) is 34.9 Å². The van der Waals surface area contributed by atoms with E-state index in [0.717, 1.165) is 19.6 Å². The van der Waals surface area contributed by atoms with Crippen LogP contribution >= 0.6 is 0 Å². The fourth-order valence-corrected chi connectivity index (χ4v) is 3.13. The van der Waals surface area contributed by atoms with E-state index < -0.39 is 0 Å². The molecule has 0 radical (unpaired) electrons. The second kappa shape index (κ2) is 6.04. The van der Waals surface area contributed by atoms with Gasteiger partial charge in [0.2, 0.25) is 0 Å². The minimum absolute atomic E-state index is 0.397. The number of aryl methyl sites for hydroxylation is 2. The summed E-state index contributed by atoms with van der Waals surface area (Å²) in [6.45, 7) is 7.81. The maximum atomic E-state index is 3.53. The largest absolute Gasteiger partial charge is 0.312 e. The summed E-state index contributed by atoms with van der Waals surface area (Å²) >= 11 is 0. The summed E-state index contributed by atoms with van der Waals surface area (Å²) in [6.07, 6.45) is 0. The molecule has 2 atom stereocenters. The van der Waals surface area contributed by atoms with E-state index in [1.165, 1.54) is 16.7 Å². The summed E-state index contributed by atoms with van der Waals surface area (Å²) in [5, 5.41) is 3.53. The van der Waals surface area contributed by atoms with Gasteiger partial charge in [0.25, 0.3) is 0 Å². The minimum atomic E-state index is 0.397. The maximum Gasteiger partial charge on any atom is 0.0490 e. The Morgan fingerprint density at radius 2 is 1.95 bits per heavy atom. The highest BCUT2D eigenvalue weighted by atomic mass is 15.3. The topological polar surface area (TPSA) is 18.5 Å². The summed E-state index contributed by atoms with van der Waals surface area (Å²) < 4.78 is 0. The lowest BCUT2D eigenvalue weighted by Gasteiger charge is -2.42. The van der Waals surface area contributed by atoms with Gasteiger partial charge in [0, 0.05) is 31.7 Å². The second-order valence-corrected chi connectivity index (χ2v) is 5.94. The third kappa shape index (κ3) is 3.16. The van der Waals surface area contributed by atoms with Crippen LogP contribution in [0.2, 0.25) is 0 Å². The van der Waals surface area contributed by atoms with E-state index in [1.54, 1.807) is 0 Å². The van der Waals surface area contributed by atoms with Crippen LogP contribution in [0.15, 0.2) is 18.2 Å². The molecular formula is C16H27N3. The van der Waals surface area contributed by atoms with E-state index in [4.69, 9.17) is 0 Å². The lowest BCUT2D eigenvalue weighted by molar-refractivity contribution is 0.0895. The molecule has 1 aromatic carbocycles. The van der Waals surface area contributed by atoms with Gasteiger partial charge in [-0.05, 0) is 46.1 Å². The van der Waals surface area contributed by atoms with Crippen molar-refractivity contribution in [2.24, 2.45) is 0 Å². The van der Waals surface area contributed by atoms with Gasteiger partial charge in [0.1, 0.15) is 0 Å². The van der Waals surface area contributed by atoms with E-state index in [0.29, 0.717) is 12.1 Å². The highest BCUT2D eigenvalue weighted by Crippen LogP contribution is 2.26. The fraction of sp³-hybridized carbons (Fsp3) is 0.625. The molecule has 1 aliphatic rings. The molecule has 106 valence electrons. The Bertz CT molecular complexity index is 430. The number of likely N-dealkylation sites (N-methyl/N-ethyl adjacent to an activating group) is 3. The van der Waals surface area contributed by atoms with Crippen molar-refractivity contribution >= 4 is 0 Å². The zero-order chi connectivity index (χ0) is 14.0. The van der Waals surface area contributed by atoms with Gasteiger partial charge in [0.15, 0.2) is 0 Å². The van der Waals surface area contributed by atoms with Crippen LogP contribution in [-0.4, -0.2) is 56.6 Å². The van der Waals surface area contributed by atoms with Gasteiger partial charge in [-0.1, -0.05) is 23.8 Å². The van der Waals surface area contributed by atoms with Crippen LogP contribution in [-0.2, 0) is 0 Å². The molecule has 2 rings (SSSR count). The van der Waals surface area contributed by atoms with Crippen LogP contribution < -0.4 is 5.32 Å². The van der Waals surface area contributed by atoms with Gasteiger partial charge in [-0.15, -0.1) is 0 Å². The lowest BCUT2D eigenvalue weighted by Crippen LogP contribution is -2.54. The Hall–Kier alpha value is -0.900. The normalized spacial score (nSPS) is 23.5. The maximum absolute atomic E-state index is 3.53. The van der Waals surface area contributed by atoms with Gasteiger partial charge in [0.05, 0.1) is 0 Å². The molecule has 0 spiro atoms. The Labute approximate surface area is 117 Å². The van der Waals surface area contributed by atoms with Crippen LogP contribution in [0.5, 0.6) is 0 Å². The number of nitrogens with zero attached hydrogens (tertiary/aromatic N) is 2. The molecule has 3 nitrogen and oxygen atoms in total. The third-order valence-electron chi connectivity index (χ3n) is 4.36. The van der Waals surface area contributed by atoms with Crippen molar-refractivity contribution in [2.75, 3.05) is 40.8 Å². The van der Waals surface area contributed by atoms with Crippen LogP contribution in [0.25, 0.3) is 0 Å². The van der Waals surface area contributed by atoms with Crippen molar-refractivity contribution in [2.45, 2.75) is 25.9 Å². The summed E-state index contributed by atoms with van der Waals surface area (Å²) in [6, 6.07) is 7.72. The fourth-order valence-electron chi connectivity index (χ4n) is 3.13. The van der Waals surface area contributed by atoms with Gasteiger partial charge < -0.3 is 10.2 Å². The predicted molar refractivity (Wildman–Crippen MR) is 81.6 cm³/mol. The number of benzene rings is 1.